The van der Waals surface area contributed by atoms with Gasteiger partial charge in [0.15, 0.2) is 12.2 Å². The predicted octanol–water partition coefficient (Wildman–Crippen LogP) is 3.77. The summed E-state index contributed by atoms with van der Waals surface area (Å²) >= 11 is 13.8. The van der Waals surface area contributed by atoms with Crippen molar-refractivity contribution in [3.63, 3.8) is 0 Å². The van der Waals surface area contributed by atoms with E-state index in [0.717, 1.165) is 11.5 Å². The lowest BCUT2D eigenvalue weighted by Crippen LogP contribution is -2.44. The molecule has 12 nitrogen and oxygen atoms in total. The van der Waals surface area contributed by atoms with Gasteiger partial charge in [0, 0.05) is 0 Å². The molecule has 6 aliphatic heterocycles. The number of rotatable bonds is 8. The molecule has 0 aromatic heterocycles. The maximum absolute atomic E-state index is 13.4. The summed E-state index contributed by atoms with van der Waals surface area (Å²) in [5, 5.41) is 0. The van der Waals surface area contributed by atoms with Gasteiger partial charge in [-0.15, -0.1) is 23.5 Å². The first-order valence-corrected chi connectivity index (χ1v) is 20.7. The Morgan fingerprint density at radius 3 is 1.67 bits per heavy atom. The molecule has 7 rings (SSSR count). The van der Waals surface area contributed by atoms with Gasteiger partial charge in [-0.05, 0) is 53.3 Å². The van der Waals surface area contributed by atoms with Crippen molar-refractivity contribution in [3.05, 3.63) is 35.4 Å². The minimum Gasteiger partial charge on any atom is -0.452 e. The van der Waals surface area contributed by atoms with E-state index < -0.39 is 72.9 Å². The second-order valence-corrected chi connectivity index (χ2v) is 18.7. The Labute approximate surface area is 260 Å². The minimum atomic E-state index is -2.90. The van der Waals surface area contributed by atoms with Crippen LogP contribution >= 0.6 is 37.0 Å². The van der Waals surface area contributed by atoms with Crippen LogP contribution in [0.5, 0.6) is 0 Å². The van der Waals surface area contributed by atoms with Gasteiger partial charge < -0.3 is 28.0 Å². The van der Waals surface area contributed by atoms with E-state index in [-0.39, 0.29) is 36.5 Å². The van der Waals surface area contributed by atoms with Crippen LogP contribution in [0.2, 0.25) is 0 Å². The van der Waals surface area contributed by atoms with Crippen LogP contribution in [-0.4, -0.2) is 96.4 Å². The maximum Gasteiger partial charge on any atom is 0.338 e. The number of benzene rings is 1. The molecular weight excluding hydrogens is 670 g/mol. The summed E-state index contributed by atoms with van der Waals surface area (Å²) in [6, 6.07) is 6.17. The summed E-state index contributed by atoms with van der Waals surface area (Å²) in [4.78, 5) is 26.8. The molecular formula is C24H28O12P2S4. The standard InChI is InChI=1S/C24H28O12P2S4/c1-3-41-23-19(17-15(31-23)13-9-27-37(39,33-13)35-17)29-21(25)11-6-5-7-12(8-11)22(26)30-20-18-16(32-24(20)42-4-2)14-10-28-38(40,34-14)36-18/h5-8,13-20,23-24H,3-4,9-10H2,1-2H3/t13-,14-,15-,16-,17+,18+,19-,20-,23-,24-,37?,38?/m1/s1. The third-order valence-electron chi connectivity index (χ3n) is 7.45. The topological polar surface area (TPSA) is 126 Å². The second-order valence-electron chi connectivity index (χ2n) is 10.1. The molecule has 230 valence electrons. The Bertz CT molecular complexity index is 1260. The van der Waals surface area contributed by atoms with Gasteiger partial charge in [0.1, 0.15) is 47.5 Å². The molecule has 6 fully saturated rings. The lowest BCUT2D eigenvalue weighted by molar-refractivity contribution is -0.0525. The number of hydrogen-bond donors (Lipinski definition) is 0. The van der Waals surface area contributed by atoms with Gasteiger partial charge in [0.25, 0.3) is 0 Å². The number of carbonyl (C=O) groups excluding carboxylic acids is 2. The van der Waals surface area contributed by atoms with Crippen LogP contribution in [0.1, 0.15) is 34.6 Å². The summed E-state index contributed by atoms with van der Waals surface area (Å²) in [5.74, 6) is 0.195. The van der Waals surface area contributed by atoms with Crippen molar-refractivity contribution in [1.82, 2.24) is 0 Å². The molecule has 0 N–H and O–H groups in total. The largest absolute Gasteiger partial charge is 0.452 e. The van der Waals surface area contributed by atoms with Crippen LogP contribution in [0.15, 0.2) is 24.3 Å². The van der Waals surface area contributed by atoms with Crippen molar-refractivity contribution in [2.45, 2.75) is 73.6 Å². The van der Waals surface area contributed by atoms with Crippen molar-refractivity contribution in [1.29, 1.82) is 0 Å². The van der Waals surface area contributed by atoms with E-state index in [1.165, 1.54) is 29.6 Å². The van der Waals surface area contributed by atoms with Gasteiger partial charge in [-0.1, -0.05) is 19.9 Å². The second kappa shape index (κ2) is 11.9. The highest BCUT2D eigenvalue weighted by molar-refractivity contribution is 8.08. The van der Waals surface area contributed by atoms with E-state index in [1.807, 2.05) is 13.8 Å². The highest BCUT2D eigenvalue weighted by atomic mass is 32.5. The maximum atomic E-state index is 13.4. The highest BCUT2D eigenvalue weighted by Crippen LogP contribution is 2.64. The molecule has 0 amide bonds. The number of hydrogen-bond acceptors (Lipinski definition) is 16. The summed E-state index contributed by atoms with van der Waals surface area (Å²) < 4.78 is 58.9. The van der Waals surface area contributed by atoms with E-state index in [1.54, 1.807) is 18.2 Å². The summed E-state index contributed by atoms with van der Waals surface area (Å²) in [6.07, 6.45) is -4.39. The van der Waals surface area contributed by atoms with Crippen molar-refractivity contribution >= 4 is 72.5 Å². The molecule has 0 radical (unpaired) electrons. The molecule has 6 aliphatic rings. The number of carbonyl (C=O) groups is 2. The highest BCUT2D eigenvalue weighted by Gasteiger charge is 2.61. The normalized spacial score (nSPS) is 44.9. The quantitative estimate of drug-likeness (QED) is 0.289. The third-order valence-corrected chi connectivity index (χ3v) is 14.2. The van der Waals surface area contributed by atoms with E-state index >= 15 is 0 Å². The van der Waals surface area contributed by atoms with Crippen LogP contribution in [0.3, 0.4) is 0 Å². The molecule has 0 saturated carbocycles. The molecule has 18 heteroatoms. The molecule has 1 aromatic carbocycles. The number of fused-ring (bicyclic) bond motifs is 8. The Balaban J connectivity index is 1.07. The fourth-order valence-corrected chi connectivity index (χ4v) is 12.2. The molecule has 0 aliphatic carbocycles. The first-order valence-electron chi connectivity index (χ1n) is 13.5. The number of ether oxygens (including phenoxy) is 4. The summed E-state index contributed by atoms with van der Waals surface area (Å²) in [6.45, 7) is -1.28. The van der Waals surface area contributed by atoms with Crippen LogP contribution < -0.4 is 0 Å². The van der Waals surface area contributed by atoms with Crippen LogP contribution in [0.4, 0.5) is 0 Å². The molecule has 1 aromatic rings. The average molecular weight is 699 g/mol. The van der Waals surface area contributed by atoms with Crippen molar-refractivity contribution in [2.75, 3.05) is 24.7 Å². The Morgan fingerprint density at radius 2 is 1.24 bits per heavy atom. The number of thioether (sulfide) groups is 2. The fourth-order valence-electron chi connectivity index (χ4n) is 5.64. The van der Waals surface area contributed by atoms with Crippen molar-refractivity contribution in [3.8, 4) is 0 Å². The van der Waals surface area contributed by atoms with Gasteiger partial charge in [0.2, 0.25) is 0 Å². The Morgan fingerprint density at radius 1 is 0.786 bits per heavy atom. The van der Waals surface area contributed by atoms with Crippen LogP contribution in [0.25, 0.3) is 0 Å². The molecule has 0 spiro atoms. The Hall–Kier alpha value is -0.160. The van der Waals surface area contributed by atoms with E-state index in [4.69, 9.17) is 69.7 Å². The molecule has 4 bridgehead atoms. The molecule has 6 heterocycles. The third kappa shape index (κ3) is 5.57. The van der Waals surface area contributed by atoms with Gasteiger partial charge in [-0.2, -0.15) is 0 Å². The lowest BCUT2D eigenvalue weighted by atomic mass is 10.1. The van der Waals surface area contributed by atoms with Gasteiger partial charge >= 0.3 is 25.4 Å². The smallest absolute Gasteiger partial charge is 0.338 e. The van der Waals surface area contributed by atoms with Gasteiger partial charge in [-0.25, -0.2) is 9.59 Å². The average Bonchev–Trinajstić information content (AvgIpc) is 3.68. The summed E-state index contributed by atoms with van der Waals surface area (Å²) in [7, 11) is 0. The molecule has 12 atom stereocenters. The monoisotopic (exact) mass is 698 g/mol. The van der Waals surface area contributed by atoms with Crippen LogP contribution in [0, 0.1) is 0 Å². The number of esters is 2. The molecule has 2 unspecified atom stereocenters. The van der Waals surface area contributed by atoms with Gasteiger partial charge in [0.05, 0.1) is 24.3 Å². The van der Waals surface area contributed by atoms with Crippen LogP contribution in [-0.2, 0) is 69.7 Å². The summed E-state index contributed by atoms with van der Waals surface area (Å²) in [5.41, 5.74) is -0.589. The Kier molecular flexibility index (Phi) is 8.63. The molecule has 42 heavy (non-hydrogen) atoms. The van der Waals surface area contributed by atoms with Crippen molar-refractivity contribution < 1.29 is 55.7 Å². The minimum absolute atomic E-state index is 0.173. The zero-order valence-corrected chi connectivity index (χ0v) is 27.4. The first kappa shape index (κ1) is 30.5. The zero-order valence-electron chi connectivity index (χ0n) is 22.3. The zero-order chi connectivity index (χ0) is 29.2. The molecule has 6 saturated heterocycles. The lowest BCUT2D eigenvalue weighted by Gasteiger charge is -2.32. The SMILES string of the molecule is CCS[C@H]1O[C@H]2[C@H](OP3(=S)OC[C@H]2O3)[C@H]1OC(=O)c1cccc(C(=O)O[C@@H]2[C@H]3OP4(=S)OC[C@@H](O4)[C@H]3O[C@@H]2SCC)c1. The van der Waals surface area contributed by atoms with Crippen molar-refractivity contribution in [2.24, 2.45) is 0 Å². The van der Waals surface area contributed by atoms with E-state index in [2.05, 4.69) is 0 Å². The van der Waals surface area contributed by atoms with E-state index in [0.29, 0.717) is 0 Å². The predicted molar refractivity (Wildman–Crippen MR) is 158 cm³/mol. The van der Waals surface area contributed by atoms with Gasteiger partial charge in [-0.3, -0.25) is 18.1 Å². The fraction of sp³-hybridized carbons (Fsp3) is 0.667. The first-order chi connectivity index (χ1) is 20.2. The van der Waals surface area contributed by atoms with E-state index in [9.17, 15) is 9.59 Å².